The number of nitrogens with one attached hydrogen (secondary N) is 2. The third-order valence-corrected chi connectivity index (χ3v) is 4.90. The number of carbonyl (C=O) groups is 3. The number of hydrogen-bond donors (Lipinski definition) is 4. The van der Waals surface area contributed by atoms with Crippen LogP contribution in [0.25, 0.3) is 0 Å². The standard InChI is InChI=1S/C17H23N3O5S/c21-14(22)11-18-15(23)13(10-12-4-2-1-3-5-12)19-16(24)17(25)20-6-8-26-9-7-20/h1-5,13,17,25H,6-11H2,(H,18,23)(H,19,24)(H,21,22)/t13-,17-/m0/s1. The Bertz CT molecular complexity index is 622. The van der Waals surface area contributed by atoms with Gasteiger partial charge in [0.25, 0.3) is 5.91 Å². The molecule has 142 valence electrons. The normalized spacial score (nSPS) is 17.1. The SMILES string of the molecule is O=C(O)CNC(=O)[C@H](Cc1ccccc1)NC(=O)[C@H](O)N1CCSCC1. The summed E-state index contributed by atoms with van der Waals surface area (Å²) in [5, 5.41) is 23.8. The minimum Gasteiger partial charge on any atom is -0.480 e. The van der Waals surface area contributed by atoms with Crippen LogP contribution in [0.3, 0.4) is 0 Å². The van der Waals surface area contributed by atoms with Gasteiger partial charge in [-0.25, -0.2) is 0 Å². The summed E-state index contributed by atoms with van der Waals surface area (Å²) < 4.78 is 0. The number of carboxylic acids is 1. The Morgan fingerprint density at radius 1 is 1.12 bits per heavy atom. The zero-order valence-corrected chi connectivity index (χ0v) is 15.1. The second kappa shape index (κ2) is 10.1. The fourth-order valence-corrected chi connectivity index (χ4v) is 3.51. The van der Waals surface area contributed by atoms with Gasteiger partial charge in [0.15, 0.2) is 6.23 Å². The highest BCUT2D eigenvalue weighted by molar-refractivity contribution is 7.99. The maximum absolute atomic E-state index is 12.4. The maximum atomic E-state index is 12.4. The van der Waals surface area contributed by atoms with Gasteiger partial charge in [0.2, 0.25) is 5.91 Å². The fraction of sp³-hybridized carbons (Fsp3) is 0.471. The third-order valence-electron chi connectivity index (χ3n) is 3.96. The molecule has 1 aromatic carbocycles. The summed E-state index contributed by atoms with van der Waals surface area (Å²) in [6.45, 7) is 0.646. The van der Waals surface area contributed by atoms with Gasteiger partial charge in [0, 0.05) is 31.0 Å². The second-order valence-electron chi connectivity index (χ2n) is 5.88. The molecular formula is C17H23N3O5S. The predicted molar refractivity (Wildman–Crippen MR) is 97.6 cm³/mol. The van der Waals surface area contributed by atoms with Gasteiger partial charge in [-0.15, -0.1) is 0 Å². The summed E-state index contributed by atoms with van der Waals surface area (Å²) in [4.78, 5) is 37.0. The van der Waals surface area contributed by atoms with E-state index in [9.17, 15) is 19.5 Å². The van der Waals surface area contributed by atoms with Crippen LogP contribution >= 0.6 is 11.8 Å². The lowest BCUT2D eigenvalue weighted by atomic mass is 10.1. The smallest absolute Gasteiger partial charge is 0.322 e. The van der Waals surface area contributed by atoms with Crippen molar-refractivity contribution in [1.29, 1.82) is 0 Å². The molecule has 0 unspecified atom stereocenters. The van der Waals surface area contributed by atoms with E-state index < -0.39 is 36.6 Å². The summed E-state index contributed by atoms with van der Waals surface area (Å²) in [7, 11) is 0. The van der Waals surface area contributed by atoms with Crippen LogP contribution in [0.15, 0.2) is 30.3 Å². The number of rotatable bonds is 8. The molecule has 2 atom stereocenters. The molecule has 0 bridgehead atoms. The second-order valence-corrected chi connectivity index (χ2v) is 7.11. The first-order valence-corrected chi connectivity index (χ1v) is 9.46. The average Bonchev–Trinajstić information content (AvgIpc) is 2.66. The van der Waals surface area contributed by atoms with Crippen molar-refractivity contribution in [2.75, 3.05) is 31.1 Å². The van der Waals surface area contributed by atoms with Crippen LogP contribution in [-0.2, 0) is 20.8 Å². The van der Waals surface area contributed by atoms with Crippen molar-refractivity contribution in [2.45, 2.75) is 18.7 Å². The van der Waals surface area contributed by atoms with Crippen molar-refractivity contribution in [3.63, 3.8) is 0 Å². The molecule has 0 aromatic heterocycles. The maximum Gasteiger partial charge on any atom is 0.322 e. The van der Waals surface area contributed by atoms with Crippen LogP contribution in [0.2, 0.25) is 0 Å². The summed E-state index contributed by atoms with van der Waals surface area (Å²) >= 11 is 1.75. The highest BCUT2D eigenvalue weighted by Gasteiger charge is 2.29. The quantitative estimate of drug-likeness (QED) is 0.469. The molecule has 9 heteroatoms. The van der Waals surface area contributed by atoms with E-state index in [4.69, 9.17) is 5.11 Å². The molecular weight excluding hydrogens is 358 g/mol. The largest absolute Gasteiger partial charge is 0.480 e. The Kier molecular flexibility index (Phi) is 7.89. The average molecular weight is 381 g/mol. The number of aliphatic hydroxyl groups is 1. The van der Waals surface area contributed by atoms with Crippen LogP contribution in [-0.4, -0.2) is 76.3 Å². The van der Waals surface area contributed by atoms with E-state index in [0.717, 1.165) is 17.1 Å². The molecule has 0 aliphatic carbocycles. The lowest BCUT2D eigenvalue weighted by Crippen LogP contribution is -2.56. The molecule has 26 heavy (non-hydrogen) atoms. The predicted octanol–water partition coefficient (Wildman–Crippen LogP) is -0.718. The van der Waals surface area contributed by atoms with E-state index in [1.165, 1.54) is 0 Å². The highest BCUT2D eigenvalue weighted by atomic mass is 32.2. The number of amides is 2. The molecule has 8 nitrogen and oxygen atoms in total. The molecule has 0 saturated carbocycles. The van der Waals surface area contributed by atoms with Gasteiger partial charge in [0.1, 0.15) is 12.6 Å². The highest BCUT2D eigenvalue weighted by Crippen LogP contribution is 2.11. The molecule has 0 radical (unpaired) electrons. The van der Waals surface area contributed by atoms with E-state index in [1.54, 1.807) is 16.7 Å². The lowest BCUT2D eigenvalue weighted by molar-refractivity contribution is -0.142. The van der Waals surface area contributed by atoms with Gasteiger partial charge in [-0.3, -0.25) is 19.3 Å². The topological polar surface area (TPSA) is 119 Å². The van der Waals surface area contributed by atoms with Gasteiger partial charge >= 0.3 is 5.97 Å². The summed E-state index contributed by atoms with van der Waals surface area (Å²) in [5.74, 6) is -0.781. The molecule has 4 N–H and O–H groups in total. The van der Waals surface area contributed by atoms with Crippen molar-refractivity contribution in [3.8, 4) is 0 Å². The number of benzene rings is 1. The van der Waals surface area contributed by atoms with Crippen molar-refractivity contribution in [1.82, 2.24) is 15.5 Å². The molecule has 1 fully saturated rings. The molecule has 1 saturated heterocycles. The molecule has 1 aromatic rings. The monoisotopic (exact) mass is 381 g/mol. The first-order valence-electron chi connectivity index (χ1n) is 8.31. The van der Waals surface area contributed by atoms with Crippen LogP contribution in [0.4, 0.5) is 0 Å². The number of nitrogens with zero attached hydrogens (tertiary/aromatic N) is 1. The Balaban J connectivity index is 2.02. The van der Waals surface area contributed by atoms with Gasteiger partial charge in [-0.2, -0.15) is 11.8 Å². The van der Waals surface area contributed by atoms with Crippen molar-refractivity contribution in [3.05, 3.63) is 35.9 Å². The number of aliphatic hydroxyl groups excluding tert-OH is 1. The Morgan fingerprint density at radius 2 is 1.77 bits per heavy atom. The Hall–Kier alpha value is -2.10. The number of carbonyl (C=O) groups excluding carboxylic acids is 2. The van der Waals surface area contributed by atoms with E-state index in [0.29, 0.717) is 13.1 Å². The van der Waals surface area contributed by atoms with Gasteiger partial charge in [0.05, 0.1) is 0 Å². The van der Waals surface area contributed by atoms with Crippen molar-refractivity contribution >= 4 is 29.5 Å². The number of hydrogen-bond acceptors (Lipinski definition) is 6. The minimum atomic E-state index is -1.33. The Labute approximate surface area is 155 Å². The molecule has 1 heterocycles. The first-order chi connectivity index (χ1) is 12.5. The summed E-state index contributed by atoms with van der Waals surface area (Å²) in [6.07, 6.45) is -1.14. The molecule has 1 aliphatic heterocycles. The van der Waals surface area contributed by atoms with Crippen molar-refractivity contribution < 1.29 is 24.6 Å². The van der Waals surface area contributed by atoms with Gasteiger partial charge in [-0.05, 0) is 5.56 Å². The van der Waals surface area contributed by atoms with Crippen LogP contribution < -0.4 is 10.6 Å². The van der Waals surface area contributed by atoms with Crippen LogP contribution in [0.1, 0.15) is 5.56 Å². The first kappa shape index (κ1) is 20.2. The summed E-state index contributed by atoms with van der Waals surface area (Å²) in [5.41, 5.74) is 0.812. The van der Waals surface area contributed by atoms with E-state index in [1.807, 2.05) is 30.3 Å². The Morgan fingerprint density at radius 3 is 2.38 bits per heavy atom. The molecule has 2 rings (SSSR count). The fourth-order valence-electron chi connectivity index (χ4n) is 2.58. The molecule has 1 aliphatic rings. The third kappa shape index (κ3) is 6.32. The molecule has 2 amide bonds. The number of aliphatic carboxylic acids is 1. The molecule has 0 spiro atoms. The van der Waals surface area contributed by atoms with Crippen LogP contribution in [0, 0.1) is 0 Å². The lowest BCUT2D eigenvalue weighted by Gasteiger charge is -2.30. The van der Waals surface area contributed by atoms with Crippen molar-refractivity contribution in [2.24, 2.45) is 0 Å². The van der Waals surface area contributed by atoms with Gasteiger partial charge in [-0.1, -0.05) is 30.3 Å². The minimum absolute atomic E-state index is 0.195. The van der Waals surface area contributed by atoms with E-state index >= 15 is 0 Å². The van der Waals surface area contributed by atoms with Crippen LogP contribution in [0.5, 0.6) is 0 Å². The summed E-state index contributed by atoms with van der Waals surface area (Å²) in [6, 6.07) is 8.09. The van der Waals surface area contributed by atoms with E-state index in [2.05, 4.69) is 10.6 Å². The number of carboxylic acid groups (broad SMARTS) is 1. The zero-order valence-electron chi connectivity index (χ0n) is 14.3. The zero-order chi connectivity index (χ0) is 18.9. The van der Waals surface area contributed by atoms with Gasteiger partial charge < -0.3 is 20.8 Å². The number of thioether (sulfide) groups is 1. The van der Waals surface area contributed by atoms with E-state index in [-0.39, 0.29) is 6.42 Å².